The van der Waals surface area contributed by atoms with Gasteiger partial charge in [0.1, 0.15) is 0 Å². The van der Waals surface area contributed by atoms with E-state index in [2.05, 4.69) is 33.1 Å². The topological polar surface area (TPSA) is 61.4 Å². The van der Waals surface area contributed by atoms with Crippen molar-refractivity contribution in [1.82, 2.24) is 20.2 Å². The molecule has 1 fully saturated rings. The zero-order chi connectivity index (χ0) is 24.2. The third-order valence-corrected chi connectivity index (χ3v) is 6.75. The van der Waals surface area contributed by atoms with Crippen LogP contribution in [0.1, 0.15) is 15.9 Å². The summed E-state index contributed by atoms with van der Waals surface area (Å²) < 4.78 is 0. The Kier molecular flexibility index (Phi) is 6.93. The first kappa shape index (κ1) is 23.3. The Morgan fingerprint density at radius 1 is 1.03 bits per heavy atom. The number of pyridine rings is 2. The van der Waals surface area contributed by atoms with Crippen molar-refractivity contribution in [1.29, 1.82) is 0 Å². The summed E-state index contributed by atoms with van der Waals surface area (Å²) in [5, 5.41) is 4.74. The molecule has 0 saturated carbocycles. The number of aromatic nitrogens is 2. The van der Waals surface area contributed by atoms with Gasteiger partial charge in [0.15, 0.2) is 0 Å². The molecule has 0 bridgehead atoms. The van der Waals surface area contributed by atoms with Gasteiger partial charge >= 0.3 is 0 Å². The van der Waals surface area contributed by atoms with Crippen LogP contribution < -0.4 is 10.2 Å². The van der Waals surface area contributed by atoms with E-state index in [-0.39, 0.29) is 5.91 Å². The number of carbonyl (C=O) groups is 1. The molecular weight excluding hydrogens is 458 g/mol. The van der Waals surface area contributed by atoms with Gasteiger partial charge in [-0.15, -0.1) is 0 Å². The molecule has 5 rings (SSSR count). The highest BCUT2D eigenvalue weighted by atomic mass is 35.5. The van der Waals surface area contributed by atoms with E-state index >= 15 is 0 Å². The highest BCUT2D eigenvalue weighted by Crippen LogP contribution is 2.26. The molecular formula is C28H28ClN5O. The number of benzene rings is 2. The van der Waals surface area contributed by atoms with E-state index in [0.717, 1.165) is 59.9 Å². The second kappa shape index (κ2) is 10.4. The van der Waals surface area contributed by atoms with Gasteiger partial charge in [0.2, 0.25) is 0 Å². The van der Waals surface area contributed by atoms with Gasteiger partial charge in [-0.3, -0.25) is 14.7 Å². The Morgan fingerprint density at radius 3 is 2.66 bits per heavy atom. The molecule has 1 saturated heterocycles. The van der Waals surface area contributed by atoms with Crippen molar-refractivity contribution in [2.45, 2.75) is 6.92 Å². The molecule has 2 aromatic heterocycles. The maximum Gasteiger partial charge on any atom is 0.252 e. The number of fused-ring (bicyclic) bond motifs is 1. The predicted molar refractivity (Wildman–Crippen MR) is 142 cm³/mol. The van der Waals surface area contributed by atoms with Gasteiger partial charge < -0.3 is 10.2 Å². The zero-order valence-electron chi connectivity index (χ0n) is 19.7. The molecule has 7 heteroatoms. The second-order valence-electron chi connectivity index (χ2n) is 8.83. The molecule has 1 aliphatic heterocycles. The van der Waals surface area contributed by atoms with E-state index in [9.17, 15) is 4.79 Å². The lowest BCUT2D eigenvalue weighted by atomic mass is 10.0. The van der Waals surface area contributed by atoms with Crippen LogP contribution in [0.25, 0.3) is 22.2 Å². The number of carbonyl (C=O) groups excluding carboxylic acids is 1. The number of halogens is 1. The number of para-hydroxylation sites is 1. The van der Waals surface area contributed by atoms with Crippen LogP contribution in [0.4, 0.5) is 5.69 Å². The first-order valence-corrected chi connectivity index (χ1v) is 12.3. The molecule has 6 nitrogen and oxygen atoms in total. The maximum atomic E-state index is 13.2. The minimum Gasteiger partial charge on any atom is -0.369 e. The molecule has 178 valence electrons. The Morgan fingerprint density at radius 2 is 1.86 bits per heavy atom. The number of nitrogens with zero attached hydrogens (tertiary/aromatic N) is 4. The number of nitrogens with one attached hydrogen (secondary N) is 1. The Labute approximate surface area is 210 Å². The van der Waals surface area contributed by atoms with Crippen molar-refractivity contribution in [2.75, 3.05) is 44.2 Å². The lowest BCUT2D eigenvalue weighted by molar-refractivity contribution is 0.0949. The van der Waals surface area contributed by atoms with Crippen LogP contribution >= 0.6 is 11.6 Å². The average molecular weight is 486 g/mol. The number of hydrogen-bond acceptors (Lipinski definition) is 5. The van der Waals surface area contributed by atoms with Crippen LogP contribution in [0.3, 0.4) is 0 Å². The number of anilines is 1. The molecule has 35 heavy (non-hydrogen) atoms. The van der Waals surface area contributed by atoms with Gasteiger partial charge in [-0.05, 0) is 48.9 Å². The summed E-state index contributed by atoms with van der Waals surface area (Å²) in [6.07, 6.45) is 3.50. The standard InChI is InChI=1S/C28H28ClN5O/c1-20-8-9-22(29)17-27(20)34-15-13-33(14-16-34)12-11-31-28(35)24-18-26(21-5-4-10-30-19-21)32-25-7-3-2-6-23(24)25/h2-10,17-19H,11-16H2,1H3,(H,31,35). The van der Waals surface area contributed by atoms with E-state index in [1.807, 2.05) is 54.6 Å². The highest BCUT2D eigenvalue weighted by molar-refractivity contribution is 6.30. The van der Waals surface area contributed by atoms with E-state index in [0.29, 0.717) is 12.1 Å². The minimum absolute atomic E-state index is 0.0815. The lowest BCUT2D eigenvalue weighted by Gasteiger charge is -2.36. The number of rotatable bonds is 6. The molecule has 1 amide bonds. The molecule has 0 aliphatic carbocycles. The Hall–Kier alpha value is -3.48. The predicted octanol–water partition coefficient (Wildman–Crippen LogP) is 4.81. The first-order valence-electron chi connectivity index (χ1n) is 11.9. The third kappa shape index (κ3) is 5.29. The SMILES string of the molecule is Cc1ccc(Cl)cc1N1CCN(CCNC(=O)c2cc(-c3cccnc3)nc3ccccc23)CC1. The van der Waals surface area contributed by atoms with E-state index < -0.39 is 0 Å². The van der Waals surface area contributed by atoms with E-state index in [1.54, 1.807) is 12.4 Å². The summed E-state index contributed by atoms with van der Waals surface area (Å²) in [6, 6.07) is 19.5. The maximum absolute atomic E-state index is 13.2. The fourth-order valence-corrected chi connectivity index (χ4v) is 4.75. The summed E-state index contributed by atoms with van der Waals surface area (Å²) in [6.45, 7) is 7.31. The van der Waals surface area contributed by atoms with Crippen LogP contribution in [-0.4, -0.2) is 60.0 Å². The monoisotopic (exact) mass is 485 g/mol. The summed E-state index contributed by atoms with van der Waals surface area (Å²) in [7, 11) is 0. The Bertz CT molecular complexity index is 1340. The molecule has 0 radical (unpaired) electrons. The summed E-state index contributed by atoms with van der Waals surface area (Å²) in [5.41, 5.74) is 5.52. The second-order valence-corrected chi connectivity index (χ2v) is 9.27. The summed E-state index contributed by atoms with van der Waals surface area (Å²) in [5.74, 6) is -0.0815. The van der Waals surface area contributed by atoms with E-state index in [1.165, 1.54) is 11.3 Å². The van der Waals surface area contributed by atoms with Crippen LogP contribution in [0.5, 0.6) is 0 Å². The molecule has 4 aromatic rings. The summed E-state index contributed by atoms with van der Waals surface area (Å²) in [4.78, 5) is 26.9. The van der Waals surface area contributed by atoms with Gasteiger partial charge in [0, 0.05) is 73.3 Å². The number of aryl methyl sites for hydroxylation is 1. The third-order valence-electron chi connectivity index (χ3n) is 6.52. The summed E-state index contributed by atoms with van der Waals surface area (Å²) >= 11 is 6.21. The average Bonchev–Trinajstić information content (AvgIpc) is 2.90. The molecule has 1 N–H and O–H groups in total. The largest absolute Gasteiger partial charge is 0.369 e. The van der Waals surface area contributed by atoms with Crippen LogP contribution in [0.15, 0.2) is 73.1 Å². The van der Waals surface area contributed by atoms with Crippen LogP contribution in [0.2, 0.25) is 5.02 Å². The van der Waals surface area contributed by atoms with Crippen molar-refractivity contribution >= 4 is 34.1 Å². The molecule has 0 unspecified atom stereocenters. The lowest BCUT2D eigenvalue weighted by Crippen LogP contribution is -2.48. The fraction of sp³-hybridized carbons (Fsp3) is 0.250. The quantitative estimate of drug-likeness (QED) is 0.424. The van der Waals surface area contributed by atoms with Gasteiger partial charge in [-0.1, -0.05) is 35.9 Å². The Balaban J connectivity index is 1.22. The fourth-order valence-electron chi connectivity index (χ4n) is 4.58. The van der Waals surface area contributed by atoms with Crippen molar-refractivity contribution < 1.29 is 4.79 Å². The van der Waals surface area contributed by atoms with Crippen molar-refractivity contribution in [3.05, 3.63) is 89.2 Å². The van der Waals surface area contributed by atoms with E-state index in [4.69, 9.17) is 16.6 Å². The molecule has 2 aromatic carbocycles. The minimum atomic E-state index is -0.0815. The van der Waals surface area contributed by atoms with Crippen LogP contribution in [0, 0.1) is 6.92 Å². The van der Waals surface area contributed by atoms with Gasteiger partial charge in [0.25, 0.3) is 5.91 Å². The smallest absolute Gasteiger partial charge is 0.252 e. The number of hydrogen-bond donors (Lipinski definition) is 1. The van der Waals surface area contributed by atoms with Gasteiger partial charge in [0.05, 0.1) is 16.8 Å². The van der Waals surface area contributed by atoms with Crippen LogP contribution in [-0.2, 0) is 0 Å². The molecule has 3 heterocycles. The normalized spacial score (nSPS) is 14.3. The number of piperazine rings is 1. The number of amides is 1. The van der Waals surface area contributed by atoms with Crippen molar-refractivity contribution in [2.24, 2.45) is 0 Å². The van der Waals surface area contributed by atoms with Gasteiger partial charge in [-0.25, -0.2) is 4.98 Å². The molecule has 0 atom stereocenters. The highest BCUT2D eigenvalue weighted by Gasteiger charge is 2.19. The van der Waals surface area contributed by atoms with Crippen molar-refractivity contribution in [3.8, 4) is 11.3 Å². The van der Waals surface area contributed by atoms with Gasteiger partial charge in [-0.2, -0.15) is 0 Å². The molecule has 1 aliphatic rings. The van der Waals surface area contributed by atoms with Crippen molar-refractivity contribution in [3.63, 3.8) is 0 Å². The molecule has 0 spiro atoms. The zero-order valence-corrected chi connectivity index (χ0v) is 20.5. The first-order chi connectivity index (χ1) is 17.1.